The molecule has 1 heterocycles. The van der Waals surface area contributed by atoms with Crippen LogP contribution in [0.5, 0.6) is 0 Å². The molecule has 9 aromatic rings. The summed E-state index contributed by atoms with van der Waals surface area (Å²) in [4.78, 5) is 0. The first-order chi connectivity index (χ1) is 20.7. The van der Waals surface area contributed by atoms with Gasteiger partial charge >= 0.3 is 0 Å². The molecule has 0 fully saturated rings. The van der Waals surface area contributed by atoms with Gasteiger partial charge in [0.1, 0.15) is 11.2 Å². The van der Waals surface area contributed by atoms with Gasteiger partial charge in [0.25, 0.3) is 0 Å². The Balaban J connectivity index is 1.38. The van der Waals surface area contributed by atoms with Gasteiger partial charge in [0, 0.05) is 10.8 Å². The molecule has 9 rings (SSSR count). The number of hydrogen-bond acceptors (Lipinski definition) is 1. The van der Waals surface area contributed by atoms with E-state index in [9.17, 15) is 0 Å². The summed E-state index contributed by atoms with van der Waals surface area (Å²) in [6, 6.07) is 50.7. The highest BCUT2D eigenvalue weighted by atomic mass is 16.3. The molecule has 0 saturated carbocycles. The van der Waals surface area contributed by atoms with Crippen molar-refractivity contribution in [2.24, 2.45) is 0 Å². The smallest absolute Gasteiger partial charge is 0.136 e. The Bertz CT molecular complexity index is 2470. The Morgan fingerprint density at radius 2 is 0.905 bits per heavy atom. The van der Waals surface area contributed by atoms with Crippen LogP contribution in [0.25, 0.3) is 87.3 Å². The lowest BCUT2D eigenvalue weighted by molar-refractivity contribution is 0.669. The largest absolute Gasteiger partial charge is 0.456 e. The molecular weight excluding hydrogens is 508 g/mol. The van der Waals surface area contributed by atoms with E-state index in [1.807, 2.05) is 0 Å². The Labute approximate surface area is 243 Å². The van der Waals surface area contributed by atoms with Crippen molar-refractivity contribution in [3.05, 3.63) is 145 Å². The second-order valence-electron chi connectivity index (χ2n) is 11.3. The van der Waals surface area contributed by atoms with E-state index < -0.39 is 0 Å². The van der Waals surface area contributed by atoms with Gasteiger partial charge < -0.3 is 4.42 Å². The maximum Gasteiger partial charge on any atom is 0.136 e. The van der Waals surface area contributed by atoms with Crippen LogP contribution in [0.4, 0.5) is 0 Å². The van der Waals surface area contributed by atoms with Gasteiger partial charge in [-0.25, -0.2) is 0 Å². The summed E-state index contributed by atoms with van der Waals surface area (Å²) < 4.78 is 6.42. The second kappa shape index (κ2) is 8.80. The Morgan fingerprint density at radius 3 is 1.57 bits per heavy atom. The normalized spacial score (nSPS) is 11.9. The number of benzene rings is 8. The summed E-state index contributed by atoms with van der Waals surface area (Å²) in [6.45, 7) is 2.16. The van der Waals surface area contributed by atoms with Gasteiger partial charge in [0.2, 0.25) is 0 Å². The molecule has 0 aliphatic carbocycles. The third kappa shape index (κ3) is 3.31. The highest BCUT2D eigenvalue weighted by molar-refractivity contribution is 6.24. The predicted molar refractivity (Wildman–Crippen MR) is 179 cm³/mol. The molecule has 0 aliphatic heterocycles. The van der Waals surface area contributed by atoms with Crippen molar-refractivity contribution < 1.29 is 4.42 Å². The molecule has 8 aromatic carbocycles. The van der Waals surface area contributed by atoms with Crippen molar-refractivity contribution in [1.82, 2.24) is 0 Å². The minimum absolute atomic E-state index is 0.922. The summed E-state index contributed by atoms with van der Waals surface area (Å²) in [7, 11) is 0. The molecule has 0 atom stereocenters. The highest BCUT2D eigenvalue weighted by Crippen LogP contribution is 2.45. The Morgan fingerprint density at radius 1 is 0.381 bits per heavy atom. The number of hydrogen-bond donors (Lipinski definition) is 0. The number of fused-ring (bicyclic) bond motifs is 8. The first-order valence-corrected chi connectivity index (χ1v) is 14.5. The van der Waals surface area contributed by atoms with Crippen molar-refractivity contribution in [3.8, 4) is 22.3 Å². The lowest BCUT2D eigenvalue weighted by Gasteiger charge is -2.18. The molecule has 0 aliphatic rings. The van der Waals surface area contributed by atoms with E-state index in [0.29, 0.717) is 0 Å². The molecule has 1 nitrogen and oxygen atoms in total. The third-order valence-electron chi connectivity index (χ3n) is 8.94. The van der Waals surface area contributed by atoms with E-state index in [0.717, 1.165) is 16.6 Å². The van der Waals surface area contributed by atoms with Crippen molar-refractivity contribution in [2.45, 2.75) is 6.92 Å². The second-order valence-corrected chi connectivity index (χ2v) is 11.3. The van der Waals surface area contributed by atoms with E-state index in [-0.39, 0.29) is 0 Å². The maximum absolute atomic E-state index is 6.42. The minimum atomic E-state index is 0.922. The van der Waals surface area contributed by atoms with Gasteiger partial charge in [0.15, 0.2) is 0 Å². The van der Waals surface area contributed by atoms with Gasteiger partial charge in [-0.1, -0.05) is 115 Å². The lowest BCUT2D eigenvalue weighted by atomic mass is 9.85. The van der Waals surface area contributed by atoms with E-state index >= 15 is 0 Å². The fourth-order valence-corrected chi connectivity index (χ4v) is 7.07. The number of aryl methyl sites for hydroxylation is 1. The van der Waals surface area contributed by atoms with Crippen LogP contribution >= 0.6 is 0 Å². The SMILES string of the molecule is Cc1cc2oc3ccc(-c4c5ccccc5c(-c5ccc6ccccc6c5)c5ccccc45)cc3c2c2ccccc12. The molecule has 1 heteroatoms. The average molecular weight is 535 g/mol. The van der Waals surface area contributed by atoms with Crippen LogP contribution in [0.15, 0.2) is 144 Å². The predicted octanol–water partition coefficient (Wildman–Crippen LogP) is 11.8. The van der Waals surface area contributed by atoms with Crippen molar-refractivity contribution in [1.29, 1.82) is 0 Å². The maximum atomic E-state index is 6.42. The van der Waals surface area contributed by atoms with E-state index in [1.54, 1.807) is 0 Å². The standard InChI is InChI=1S/C41H26O/c1-25-22-38-41(31-13-5-4-12-30(25)31)36-24-29(20-21-37(36)42-38)40-34-16-8-6-14-32(34)39(33-15-7-9-17-35(33)40)28-19-18-26-10-2-3-11-27(26)23-28/h2-24H,1H3. The number of rotatable bonds is 2. The summed E-state index contributed by atoms with van der Waals surface area (Å²) in [5, 5.41) is 12.4. The zero-order chi connectivity index (χ0) is 27.8. The highest BCUT2D eigenvalue weighted by Gasteiger charge is 2.19. The first kappa shape index (κ1) is 23.3. The first-order valence-electron chi connectivity index (χ1n) is 14.5. The van der Waals surface area contributed by atoms with Gasteiger partial charge in [-0.2, -0.15) is 0 Å². The molecule has 0 bridgehead atoms. The van der Waals surface area contributed by atoms with Gasteiger partial charge in [-0.05, 0) is 102 Å². The van der Waals surface area contributed by atoms with Crippen LogP contribution in [-0.4, -0.2) is 0 Å². The van der Waals surface area contributed by atoms with Crippen LogP contribution in [-0.2, 0) is 0 Å². The molecule has 0 unspecified atom stereocenters. The summed E-state index contributed by atoms with van der Waals surface area (Å²) >= 11 is 0. The van der Waals surface area contributed by atoms with E-state index in [2.05, 4.69) is 146 Å². The van der Waals surface area contributed by atoms with Gasteiger partial charge in [-0.3, -0.25) is 0 Å². The van der Waals surface area contributed by atoms with Crippen molar-refractivity contribution in [3.63, 3.8) is 0 Å². The van der Waals surface area contributed by atoms with Crippen LogP contribution in [0.1, 0.15) is 5.56 Å². The fourth-order valence-electron chi connectivity index (χ4n) is 7.07. The molecule has 0 radical (unpaired) electrons. The molecule has 42 heavy (non-hydrogen) atoms. The van der Waals surface area contributed by atoms with Crippen LogP contribution in [0.2, 0.25) is 0 Å². The zero-order valence-electron chi connectivity index (χ0n) is 23.2. The van der Waals surface area contributed by atoms with Crippen molar-refractivity contribution in [2.75, 3.05) is 0 Å². The molecule has 0 saturated heterocycles. The summed E-state index contributed by atoms with van der Waals surface area (Å²) in [5.74, 6) is 0. The summed E-state index contributed by atoms with van der Waals surface area (Å²) in [5.41, 5.74) is 8.09. The Hall–Kier alpha value is -5.40. The molecular formula is C41H26O. The van der Waals surface area contributed by atoms with E-state index in [1.165, 1.54) is 76.3 Å². The lowest BCUT2D eigenvalue weighted by Crippen LogP contribution is -1.91. The topological polar surface area (TPSA) is 13.1 Å². The Kier molecular flexibility index (Phi) is 4.88. The summed E-state index contributed by atoms with van der Waals surface area (Å²) in [6.07, 6.45) is 0. The molecule has 196 valence electrons. The molecule has 1 aromatic heterocycles. The molecule has 0 amide bonds. The van der Waals surface area contributed by atoms with Crippen LogP contribution < -0.4 is 0 Å². The fraction of sp³-hybridized carbons (Fsp3) is 0.0244. The quantitative estimate of drug-likeness (QED) is 0.201. The third-order valence-corrected chi connectivity index (χ3v) is 8.94. The number of furan rings is 1. The monoisotopic (exact) mass is 534 g/mol. The van der Waals surface area contributed by atoms with Gasteiger partial charge in [0.05, 0.1) is 0 Å². The average Bonchev–Trinajstić information content (AvgIpc) is 3.41. The van der Waals surface area contributed by atoms with Gasteiger partial charge in [-0.15, -0.1) is 0 Å². The minimum Gasteiger partial charge on any atom is -0.456 e. The zero-order valence-corrected chi connectivity index (χ0v) is 23.2. The van der Waals surface area contributed by atoms with Crippen LogP contribution in [0, 0.1) is 6.92 Å². The molecule has 0 N–H and O–H groups in total. The van der Waals surface area contributed by atoms with Crippen molar-refractivity contribution >= 4 is 65.0 Å². The van der Waals surface area contributed by atoms with Crippen LogP contribution in [0.3, 0.4) is 0 Å². The van der Waals surface area contributed by atoms with E-state index in [4.69, 9.17) is 4.42 Å². The molecule has 0 spiro atoms.